The van der Waals surface area contributed by atoms with Crippen LogP contribution in [0.2, 0.25) is 0 Å². The number of benzene rings is 1. The highest BCUT2D eigenvalue weighted by atomic mass is 19.3. The quantitative estimate of drug-likeness (QED) is 0.571. The summed E-state index contributed by atoms with van der Waals surface area (Å²) in [6.07, 6.45) is 2.43. The fourth-order valence-corrected chi connectivity index (χ4v) is 3.41. The van der Waals surface area contributed by atoms with E-state index in [9.17, 15) is 18.4 Å². The molecule has 8 heteroatoms. The van der Waals surface area contributed by atoms with Gasteiger partial charge >= 0.3 is 6.03 Å². The van der Waals surface area contributed by atoms with E-state index in [1.165, 1.54) is 23.1 Å². The molecule has 154 valence electrons. The van der Waals surface area contributed by atoms with E-state index in [1.54, 1.807) is 31.2 Å². The number of carbonyl (C=O) groups excluding carboxylic acids is 2. The van der Waals surface area contributed by atoms with Gasteiger partial charge in [-0.3, -0.25) is 9.69 Å². The molecular formula is C22H20F2N4O2. The summed E-state index contributed by atoms with van der Waals surface area (Å²) in [5, 5.41) is 14.5. The first-order valence-electron chi connectivity index (χ1n) is 9.30. The first kappa shape index (κ1) is 21.0. The lowest BCUT2D eigenvalue weighted by Crippen LogP contribution is -2.56. The lowest BCUT2D eigenvalue weighted by molar-refractivity contribution is -0.118. The third-order valence-electron chi connectivity index (χ3n) is 4.90. The highest BCUT2D eigenvalue weighted by Crippen LogP contribution is 2.34. The van der Waals surface area contributed by atoms with Gasteiger partial charge < -0.3 is 10.6 Å². The Kier molecular flexibility index (Phi) is 6.11. The van der Waals surface area contributed by atoms with E-state index in [1.807, 2.05) is 6.07 Å². The zero-order valence-corrected chi connectivity index (χ0v) is 16.3. The smallest absolute Gasteiger partial charge is 0.327 e. The minimum Gasteiger partial charge on any atom is -0.352 e. The number of urea groups is 1. The second-order valence-electron chi connectivity index (χ2n) is 6.74. The molecule has 2 N–H and O–H groups in total. The van der Waals surface area contributed by atoms with Crippen LogP contribution in [0.15, 0.2) is 71.5 Å². The van der Waals surface area contributed by atoms with Crippen LogP contribution in [0, 0.1) is 11.3 Å². The Hall–Kier alpha value is -3.73. The monoisotopic (exact) mass is 410 g/mol. The van der Waals surface area contributed by atoms with Crippen LogP contribution in [0.5, 0.6) is 0 Å². The minimum atomic E-state index is -2.68. The topological polar surface area (TPSA) is 85.2 Å². The van der Waals surface area contributed by atoms with E-state index in [0.29, 0.717) is 35.4 Å². The molecule has 1 aromatic rings. The second kappa shape index (κ2) is 8.74. The van der Waals surface area contributed by atoms with Crippen molar-refractivity contribution in [2.24, 2.45) is 0 Å². The second-order valence-corrected chi connectivity index (χ2v) is 6.74. The van der Waals surface area contributed by atoms with Crippen LogP contribution in [-0.4, -0.2) is 24.5 Å². The van der Waals surface area contributed by atoms with Gasteiger partial charge in [0.1, 0.15) is 0 Å². The molecule has 2 heterocycles. The lowest BCUT2D eigenvalue weighted by atomic mass is 9.90. The predicted molar refractivity (Wildman–Crippen MR) is 109 cm³/mol. The molecule has 3 amide bonds. The van der Waals surface area contributed by atoms with Crippen molar-refractivity contribution in [3.63, 3.8) is 0 Å². The SMILES string of the molecule is C=C(/C=C\C(C#N)=C/C)[C@H]1NC(=O)N(c2cccc(C(F)F)c2)C2=C1C(=O)NCC2. The molecule has 2 aliphatic rings. The van der Waals surface area contributed by atoms with Gasteiger partial charge in [0.25, 0.3) is 12.3 Å². The van der Waals surface area contributed by atoms with Crippen LogP contribution in [0.1, 0.15) is 25.3 Å². The van der Waals surface area contributed by atoms with Gasteiger partial charge in [-0.15, -0.1) is 0 Å². The predicted octanol–water partition coefficient (Wildman–Crippen LogP) is 3.88. The molecule has 0 saturated carbocycles. The zero-order valence-electron chi connectivity index (χ0n) is 16.3. The van der Waals surface area contributed by atoms with Crippen LogP contribution >= 0.6 is 0 Å². The van der Waals surface area contributed by atoms with Gasteiger partial charge in [-0.1, -0.05) is 30.9 Å². The summed E-state index contributed by atoms with van der Waals surface area (Å²) in [6.45, 7) is 5.98. The molecule has 2 aliphatic heterocycles. The van der Waals surface area contributed by atoms with Crippen LogP contribution < -0.4 is 15.5 Å². The lowest BCUT2D eigenvalue weighted by Gasteiger charge is -2.39. The van der Waals surface area contributed by atoms with Crippen molar-refractivity contribution in [3.05, 3.63) is 77.1 Å². The zero-order chi connectivity index (χ0) is 21.8. The van der Waals surface area contributed by atoms with Crippen molar-refractivity contribution in [1.82, 2.24) is 10.6 Å². The van der Waals surface area contributed by atoms with Crippen molar-refractivity contribution in [2.45, 2.75) is 25.8 Å². The summed E-state index contributed by atoms with van der Waals surface area (Å²) in [7, 11) is 0. The van der Waals surface area contributed by atoms with Gasteiger partial charge in [0.2, 0.25) is 0 Å². The molecule has 1 aromatic carbocycles. The largest absolute Gasteiger partial charge is 0.352 e. The number of nitrogens with one attached hydrogen (secondary N) is 2. The first-order valence-corrected chi connectivity index (χ1v) is 9.30. The third-order valence-corrected chi connectivity index (χ3v) is 4.90. The number of amides is 3. The molecule has 0 saturated heterocycles. The van der Waals surface area contributed by atoms with E-state index < -0.39 is 18.5 Å². The minimum absolute atomic E-state index is 0.215. The Morgan fingerprint density at radius 3 is 2.80 bits per heavy atom. The van der Waals surface area contributed by atoms with Gasteiger partial charge in [0, 0.05) is 29.8 Å². The summed E-state index contributed by atoms with van der Waals surface area (Å²) < 4.78 is 26.3. The standard InChI is InChI=1S/C22H20F2N4O2/c1-3-14(12-25)8-7-13(2)19-18-17(9-10-26-21(18)29)28(22(30)27-19)16-6-4-5-15(11-16)20(23)24/h3-8,11,19-20H,2,9-10H2,1H3,(H,26,29)(H,27,30)/b8-7-,14-3+/t19-/m1/s1. The molecule has 0 fully saturated rings. The van der Waals surface area contributed by atoms with Gasteiger partial charge in [-0.2, -0.15) is 5.26 Å². The highest BCUT2D eigenvalue weighted by Gasteiger charge is 2.39. The van der Waals surface area contributed by atoms with Crippen LogP contribution in [-0.2, 0) is 4.79 Å². The third kappa shape index (κ3) is 4.01. The molecule has 1 atom stereocenters. The average Bonchev–Trinajstić information content (AvgIpc) is 2.73. The van der Waals surface area contributed by atoms with E-state index >= 15 is 0 Å². The van der Waals surface area contributed by atoms with Crippen molar-refractivity contribution in [2.75, 3.05) is 11.4 Å². The number of alkyl halides is 2. The van der Waals surface area contributed by atoms with Crippen molar-refractivity contribution >= 4 is 17.6 Å². The summed E-state index contributed by atoms with van der Waals surface area (Å²) in [6, 6.07) is 6.18. The molecule has 0 spiro atoms. The molecule has 3 rings (SSSR count). The fourth-order valence-electron chi connectivity index (χ4n) is 3.41. The Bertz CT molecular complexity index is 1030. The van der Waals surface area contributed by atoms with Gasteiger partial charge in [-0.25, -0.2) is 13.6 Å². The summed E-state index contributed by atoms with van der Waals surface area (Å²) in [4.78, 5) is 26.9. The normalized spacial score (nSPS) is 19.5. The van der Waals surface area contributed by atoms with E-state index in [0.717, 1.165) is 0 Å². The molecule has 6 nitrogen and oxygen atoms in total. The number of halogens is 2. The Balaban J connectivity index is 2.05. The maximum absolute atomic E-state index is 13.1. The van der Waals surface area contributed by atoms with Gasteiger partial charge in [0.05, 0.1) is 23.4 Å². The maximum Gasteiger partial charge on any atom is 0.327 e. The van der Waals surface area contributed by atoms with Crippen LogP contribution in [0.3, 0.4) is 0 Å². The summed E-state index contributed by atoms with van der Waals surface area (Å²) in [5.74, 6) is -0.364. The number of carbonyl (C=O) groups is 2. The maximum atomic E-state index is 13.1. The fraction of sp³-hybridized carbons (Fsp3) is 0.227. The van der Waals surface area contributed by atoms with Crippen molar-refractivity contribution in [1.29, 1.82) is 5.26 Å². The molecule has 30 heavy (non-hydrogen) atoms. The van der Waals surface area contributed by atoms with E-state index in [4.69, 9.17) is 5.26 Å². The molecule has 0 aliphatic carbocycles. The number of nitriles is 1. The number of nitrogens with zero attached hydrogens (tertiary/aromatic N) is 2. The van der Waals surface area contributed by atoms with Crippen LogP contribution in [0.25, 0.3) is 0 Å². The molecule has 0 aromatic heterocycles. The van der Waals surface area contributed by atoms with E-state index in [-0.39, 0.29) is 17.2 Å². The number of hydrogen-bond acceptors (Lipinski definition) is 3. The summed E-state index contributed by atoms with van der Waals surface area (Å²) in [5.41, 5.74) is 1.62. The number of rotatable bonds is 5. The van der Waals surface area contributed by atoms with Crippen molar-refractivity contribution in [3.8, 4) is 6.07 Å². The first-order chi connectivity index (χ1) is 14.4. The van der Waals surface area contributed by atoms with Crippen molar-refractivity contribution < 1.29 is 18.4 Å². The van der Waals surface area contributed by atoms with Crippen LogP contribution in [0.4, 0.5) is 19.3 Å². The highest BCUT2D eigenvalue weighted by molar-refractivity contribution is 6.06. The molecular weight excluding hydrogens is 390 g/mol. The summed E-state index contributed by atoms with van der Waals surface area (Å²) >= 11 is 0. The molecule has 0 unspecified atom stereocenters. The Morgan fingerprint density at radius 2 is 2.13 bits per heavy atom. The average molecular weight is 410 g/mol. The Morgan fingerprint density at radius 1 is 1.37 bits per heavy atom. The van der Waals surface area contributed by atoms with E-state index in [2.05, 4.69) is 17.2 Å². The Labute approximate surface area is 172 Å². The number of anilines is 1. The molecule has 0 bridgehead atoms. The van der Waals surface area contributed by atoms with Gasteiger partial charge in [0.15, 0.2) is 0 Å². The molecule has 0 radical (unpaired) electrons. The number of allylic oxidation sites excluding steroid dienone is 3. The van der Waals surface area contributed by atoms with Gasteiger partial charge in [-0.05, 0) is 30.7 Å². The number of hydrogen-bond donors (Lipinski definition) is 2.